The Balaban J connectivity index is 2.33. The lowest BCUT2D eigenvalue weighted by Crippen LogP contribution is -1.91. The van der Waals surface area contributed by atoms with Crippen LogP contribution in [0.2, 0.25) is 0 Å². The van der Waals surface area contributed by atoms with Crippen molar-refractivity contribution in [1.82, 2.24) is 0 Å². The first kappa shape index (κ1) is 8.11. The molecule has 0 radical (unpaired) electrons. The van der Waals surface area contributed by atoms with E-state index in [0.29, 0.717) is 5.76 Å². The number of hydrogen-bond donors (Lipinski definition) is 1. The summed E-state index contributed by atoms with van der Waals surface area (Å²) in [5, 5.41) is 9.36. The van der Waals surface area contributed by atoms with Gasteiger partial charge in [0.2, 0.25) is 0 Å². The van der Waals surface area contributed by atoms with E-state index in [1.54, 1.807) is 0 Å². The highest BCUT2D eigenvalue weighted by Gasteiger charge is 2.04. The highest BCUT2D eigenvalue weighted by atomic mass is 16.3. The van der Waals surface area contributed by atoms with Gasteiger partial charge in [0.15, 0.2) is 0 Å². The van der Waals surface area contributed by atoms with Crippen LogP contribution in [-0.2, 0) is 0 Å². The zero-order valence-electron chi connectivity index (χ0n) is 7.40. The maximum Gasteiger partial charge on any atom is 0.0931 e. The van der Waals surface area contributed by atoms with Crippen LogP contribution in [0.25, 0.3) is 5.57 Å². The Morgan fingerprint density at radius 2 is 1.85 bits per heavy atom. The fourth-order valence-corrected chi connectivity index (χ4v) is 1.52. The van der Waals surface area contributed by atoms with Crippen LogP contribution in [0.15, 0.2) is 48.2 Å². The predicted octanol–water partition coefficient (Wildman–Crippen LogP) is 3.31. The molecule has 0 fully saturated rings. The largest absolute Gasteiger partial charge is 0.512 e. The lowest BCUT2D eigenvalue weighted by Gasteiger charge is -2.09. The van der Waals surface area contributed by atoms with Gasteiger partial charge in [-0.25, -0.2) is 0 Å². The van der Waals surface area contributed by atoms with Gasteiger partial charge >= 0.3 is 0 Å². The summed E-state index contributed by atoms with van der Waals surface area (Å²) in [6, 6.07) is 10.1. The van der Waals surface area contributed by atoms with E-state index >= 15 is 0 Å². The van der Waals surface area contributed by atoms with E-state index in [9.17, 15) is 5.11 Å². The lowest BCUT2D eigenvalue weighted by atomic mass is 9.99. The van der Waals surface area contributed by atoms with Gasteiger partial charge in [-0.05, 0) is 23.6 Å². The highest BCUT2D eigenvalue weighted by molar-refractivity contribution is 5.75. The van der Waals surface area contributed by atoms with Crippen molar-refractivity contribution in [3.05, 3.63) is 53.8 Å². The van der Waals surface area contributed by atoms with Gasteiger partial charge in [0.05, 0.1) is 5.76 Å². The second-order valence-corrected chi connectivity index (χ2v) is 3.20. The average Bonchev–Trinajstić information content (AvgIpc) is 2.19. The molecule has 66 valence electrons. The summed E-state index contributed by atoms with van der Waals surface area (Å²) in [6.45, 7) is 0. The van der Waals surface area contributed by atoms with Crippen molar-refractivity contribution in [3.63, 3.8) is 0 Å². The van der Waals surface area contributed by atoms with Gasteiger partial charge in [0.25, 0.3) is 0 Å². The normalized spacial score (nSPS) is 16.3. The van der Waals surface area contributed by atoms with Gasteiger partial charge in [-0.1, -0.05) is 36.4 Å². The summed E-state index contributed by atoms with van der Waals surface area (Å²) in [6.07, 6.45) is 5.72. The van der Waals surface area contributed by atoms with E-state index in [1.165, 1.54) is 5.56 Å². The van der Waals surface area contributed by atoms with Gasteiger partial charge in [0.1, 0.15) is 0 Å². The third kappa shape index (κ3) is 1.81. The lowest BCUT2D eigenvalue weighted by molar-refractivity contribution is 0.388. The summed E-state index contributed by atoms with van der Waals surface area (Å²) in [4.78, 5) is 0. The van der Waals surface area contributed by atoms with Crippen molar-refractivity contribution in [1.29, 1.82) is 0 Å². The van der Waals surface area contributed by atoms with Gasteiger partial charge in [-0.15, -0.1) is 0 Å². The molecule has 0 aromatic heterocycles. The summed E-state index contributed by atoms with van der Waals surface area (Å²) in [5.74, 6) is 0.487. The molecule has 0 aliphatic heterocycles. The minimum Gasteiger partial charge on any atom is -0.512 e. The minimum atomic E-state index is 0.487. The van der Waals surface area contributed by atoms with E-state index in [-0.39, 0.29) is 0 Å². The van der Waals surface area contributed by atoms with Crippen molar-refractivity contribution < 1.29 is 5.11 Å². The molecule has 0 saturated heterocycles. The maximum absolute atomic E-state index is 9.36. The molecule has 0 saturated carbocycles. The van der Waals surface area contributed by atoms with Crippen LogP contribution in [0.1, 0.15) is 18.4 Å². The molecule has 0 unspecified atom stereocenters. The van der Waals surface area contributed by atoms with E-state index in [4.69, 9.17) is 0 Å². The Morgan fingerprint density at radius 3 is 2.54 bits per heavy atom. The van der Waals surface area contributed by atoms with Crippen LogP contribution in [0, 0.1) is 0 Å². The maximum atomic E-state index is 9.36. The molecule has 1 aromatic carbocycles. The number of rotatable bonds is 1. The molecule has 1 N–H and O–H groups in total. The predicted molar refractivity (Wildman–Crippen MR) is 54.4 cm³/mol. The number of allylic oxidation sites excluding steroid dienone is 4. The molecule has 0 amide bonds. The van der Waals surface area contributed by atoms with Crippen molar-refractivity contribution in [3.8, 4) is 0 Å². The summed E-state index contributed by atoms with van der Waals surface area (Å²) >= 11 is 0. The molecular weight excluding hydrogens is 160 g/mol. The monoisotopic (exact) mass is 172 g/mol. The average molecular weight is 172 g/mol. The van der Waals surface area contributed by atoms with Crippen LogP contribution in [0.4, 0.5) is 0 Å². The topological polar surface area (TPSA) is 20.2 Å². The van der Waals surface area contributed by atoms with E-state index in [0.717, 1.165) is 18.4 Å². The standard InChI is InChI=1S/C12H12O/c13-12-8-4-7-11(9-12)10-5-2-1-3-6-10/h1-3,5-7,9,13H,4,8H2. The summed E-state index contributed by atoms with van der Waals surface area (Å²) in [5.41, 5.74) is 2.30. The van der Waals surface area contributed by atoms with E-state index in [1.807, 2.05) is 24.3 Å². The SMILES string of the molecule is OC1=CC(c2ccccc2)=CCC1. The van der Waals surface area contributed by atoms with Crippen LogP contribution in [0.5, 0.6) is 0 Å². The van der Waals surface area contributed by atoms with E-state index in [2.05, 4.69) is 18.2 Å². The van der Waals surface area contributed by atoms with Crippen LogP contribution >= 0.6 is 0 Å². The first-order valence-electron chi connectivity index (χ1n) is 4.51. The molecule has 1 nitrogen and oxygen atoms in total. The summed E-state index contributed by atoms with van der Waals surface area (Å²) < 4.78 is 0. The zero-order chi connectivity index (χ0) is 9.10. The van der Waals surface area contributed by atoms with Crippen LogP contribution in [0.3, 0.4) is 0 Å². The van der Waals surface area contributed by atoms with Crippen LogP contribution in [-0.4, -0.2) is 5.11 Å². The minimum absolute atomic E-state index is 0.487. The molecule has 0 bridgehead atoms. The second kappa shape index (κ2) is 3.48. The molecule has 1 aliphatic rings. The Hall–Kier alpha value is -1.50. The Labute approximate surface area is 78.0 Å². The first-order chi connectivity index (χ1) is 6.36. The smallest absolute Gasteiger partial charge is 0.0931 e. The molecule has 0 heterocycles. The third-order valence-corrected chi connectivity index (χ3v) is 2.19. The fraction of sp³-hybridized carbons (Fsp3) is 0.167. The molecule has 1 aliphatic carbocycles. The molecule has 13 heavy (non-hydrogen) atoms. The zero-order valence-corrected chi connectivity index (χ0v) is 7.40. The Kier molecular flexibility index (Phi) is 2.17. The first-order valence-corrected chi connectivity index (χ1v) is 4.51. The molecule has 0 atom stereocenters. The van der Waals surface area contributed by atoms with Gasteiger partial charge in [-0.3, -0.25) is 0 Å². The third-order valence-electron chi connectivity index (χ3n) is 2.19. The van der Waals surface area contributed by atoms with Crippen molar-refractivity contribution in [2.45, 2.75) is 12.8 Å². The number of benzene rings is 1. The molecular formula is C12H12O. The Bertz CT molecular complexity index is 347. The quantitative estimate of drug-likeness (QED) is 0.689. The summed E-state index contributed by atoms with van der Waals surface area (Å²) in [7, 11) is 0. The Morgan fingerprint density at radius 1 is 1.08 bits per heavy atom. The van der Waals surface area contributed by atoms with Crippen molar-refractivity contribution in [2.75, 3.05) is 0 Å². The highest BCUT2D eigenvalue weighted by Crippen LogP contribution is 2.23. The molecule has 1 heteroatoms. The van der Waals surface area contributed by atoms with Crippen LogP contribution < -0.4 is 0 Å². The molecule has 1 aromatic rings. The molecule has 2 rings (SSSR count). The number of aliphatic hydroxyl groups is 1. The van der Waals surface area contributed by atoms with Crippen molar-refractivity contribution in [2.24, 2.45) is 0 Å². The van der Waals surface area contributed by atoms with Gasteiger partial charge < -0.3 is 5.11 Å². The fourth-order valence-electron chi connectivity index (χ4n) is 1.52. The van der Waals surface area contributed by atoms with Gasteiger partial charge in [0, 0.05) is 6.42 Å². The van der Waals surface area contributed by atoms with E-state index < -0.39 is 0 Å². The van der Waals surface area contributed by atoms with Crippen molar-refractivity contribution >= 4 is 5.57 Å². The number of aliphatic hydroxyl groups excluding tert-OH is 1. The number of hydrogen-bond acceptors (Lipinski definition) is 1. The van der Waals surface area contributed by atoms with Gasteiger partial charge in [-0.2, -0.15) is 0 Å². The second-order valence-electron chi connectivity index (χ2n) is 3.20. The molecule has 0 spiro atoms.